The lowest BCUT2D eigenvalue weighted by molar-refractivity contribution is 0.682. The van der Waals surface area contributed by atoms with Gasteiger partial charge in [0.15, 0.2) is 0 Å². The van der Waals surface area contributed by atoms with Crippen molar-refractivity contribution in [3.8, 4) is 6.07 Å². The van der Waals surface area contributed by atoms with Gasteiger partial charge in [0.25, 0.3) is 0 Å². The molecule has 2 rings (SSSR count). The van der Waals surface area contributed by atoms with E-state index in [1.165, 1.54) is 0 Å². The van der Waals surface area contributed by atoms with Gasteiger partial charge in [-0.1, -0.05) is 23.7 Å². The van der Waals surface area contributed by atoms with E-state index < -0.39 is 0 Å². The summed E-state index contributed by atoms with van der Waals surface area (Å²) in [5.41, 5.74) is 9.15. The summed E-state index contributed by atoms with van der Waals surface area (Å²) in [5.74, 6) is 0. The molecule has 4 heteroatoms. The van der Waals surface area contributed by atoms with Crippen LogP contribution in [0.4, 0.5) is 11.4 Å². The fourth-order valence-electron chi connectivity index (χ4n) is 2.27. The van der Waals surface area contributed by atoms with Crippen molar-refractivity contribution in [3.05, 3.63) is 58.6 Å². The molecule has 21 heavy (non-hydrogen) atoms. The third kappa shape index (κ3) is 3.68. The second-order valence-corrected chi connectivity index (χ2v) is 5.68. The maximum absolute atomic E-state index is 9.31. The van der Waals surface area contributed by atoms with Crippen LogP contribution in [0.5, 0.6) is 0 Å². The molecule has 0 saturated heterocycles. The van der Waals surface area contributed by atoms with Crippen LogP contribution >= 0.6 is 11.6 Å². The summed E-state index contributed by atoms with van der Waals surface area (Å²) in [7, 11) is 0. The number of hydrogen-bond acceptors (Lipinski definition) is 3. The monoisotopic (exact) mass is 299 g/mol. The van der Waals surface area contributed by atoms with Gasteiger partial charge in [0.2, 0.25) is 0 Å². The van der Waals surface area contributed by atoms with E-state index in [0.29, 0.717) is 17.1 Å². The Morgan fingerprint density at radius 3 is 2.62 bits per heavy atom. The second kappa shape index (κ2) is 6.51. The Morgan fingerprint density at radius 2 is 2.00 bits per heavy atom. The Hall–Kier alpha value is -2.18. The lowest BCUT2D eigenvalue weighted by atomic mass is 10.1. The maximum Gasteiger partial charge on any atom is 0.101 e. The molecule has 0 saturated carbocycles. The summed E-state index contributed by atoms with van der Waals surface area (Å²) < 4.78 is 0. The van der Waals surface area contributed by atoms with Gasteiger partial charge in [-0.3, -0.25) is 0 Å². The van der Waals surface area contributed by atoms with Crippen LogP contribution in [0.25, 0.3) is 0 Å². The van der Waals surface area contributed by atoms with Crippen LogP contribution in [0.15, 0.2) is 42.5 Å². The predicted molar refractivity (Wildman–Crippen MR) is 88.3 cm³/mol. The lowest BCUT2D eigenvalue weighted by Gasteiger charge is -2.30. The van der Waals surface area contributed by atoms with E-state index in [1.807, 2.05) is 30.3 Å². The zero-order valence-electron chi connectivity index (χ0n) is 12.2. The molecule has 0 spiro atoms. The van der Waals surface area contributed by atoms with Crippen molar-refractivity contribution < 1.29 is 0 Å². The summed E-state index contributed by atoms with van der Waals surface area (Å²) in [6.07, 6.45) is 0. The maximum atomic E-state index is 9.31. The third-order valence-electron chi connectivity index (χ3n) is 3.32. The van der Waals surface area contributed by atoms with Crippen molar-refractivity contribution in [2.75, 3.05) is 10.6 Å². The molecule has 0 aliphatic heterocycles. The molecule has 0 heterocycles. The first kappa shape index (κ1) is 15.2. The van der Waals surface area contributed by atoms with Crippen LogP contribution in [-0.2, 0) is 6.54 Å². The molecule has 0 aliphatic carbocycles. The largest absolute Gasteiger partial charge is 0.399 e. The van der Waals surface area contributed by atoms with Crippen molar-refractivity contribution in [3.63, 3.8) is 0 Å². The first-order valence-electron chi connectivity index (χ1n) is 6.82. The van der Waals surface area contributed by atoms with Gasteiger partial charge in [0, 0.05) is 23.3 Å². The average molecular weight is 300 g/mol. The van der Waals surface area contributed by atoms with Crippen molar-refractivity contribution in [1.29, 1.82) is 5.26 Å². The van der Waals surface area contributed by atoms with E-state index in [9.17, 15) is 5.26 Å². The highest BCUT2D eigenvalue weighted by Gasteiger charge is 2.15. The molecule has 0 aromatic heterocycles. The molecular weight excluding hydrogens is 282 g/mol. The van der Waals surface area contributed by atoms with E-state index in [-0.39, 0.29) is 6.04 Å². The molecule has 0 amide bonds. The summed E-state index contributed by atoms with van der Waals surface area (Å²) in [6, 6.07) is 15.6. The molecule has 108 valence electrons. The molecule has 0 aliphatic rings. The summed E-state index contributed by atoms with van der Waals surface area (Å²) in [6.45, 7) is 4.86. The number of anilines is 2. The smallest absolute Gasteiger partial charge is 0.101 e. The van der Waals surface area contributed by atoms with Gasteiger partial charge in [0.1, 0.15) is 6.07 Å². The number of benzene rings is 2. The molecular formula is C17H18ClN3. The molecule has 0 fully saturated rings. The van der Waals surface area contributed by atoms with Gasteiger partial charge in [-0.05, 0) is 49.7 Å². The SMILES string of the molecule is CC(C)N(Cc1cccc(N)c1)c1cc(Cl)ccc1C#N. The topological polar surface area (TPSA) is 53.0 Å². The van der Waals surface area contributed by atoms with Gasteiger partial charge in [-0.2, -0.15) is 5.26 Å². The highest BCUT2D eigenvalue weighted by atomic mass is 35.5. The number of nitrogens with zero attached hydrogens (tertiary/aromatic N) is 2. The van der Waals surface area contributed by atoms with Crippen LogP contribution in [0.1, 0.15) is 25.0 Å². The van der Waals surface area contributed by atoms with E-state index in [0.717, 1.165) is 16.9 Å². The van der Waals surface area contributed by atoms with Crippen molar-refractivity contribution >= 4 is 23.0 Å². The number of hydrogen-bond donors (Lipinski definition) is 1. The van der Waals surface area contributed by atoms with Crippen LogP contribution in [-0.4, -0.2) is 6.04 Å². The normalized spacial score (nSPS) is 10.4. The molecule has 0 radical (unpaired) electrons. The molecule has 2 aromatic rings. The van der Waals surface area contributed by atoms with Crippen LogP contribution in [0.2, 0.25) is 5.02 Å². The van der Waals surface area contributed by atoms with Gasteiger partial charge in [-0.15, -0.1) is 0 Å². The number of nitriles is 1. The van der Waals surface area contributed by atoms with Crippen molar-refractivity contribution in [2.24, 2.45) is 0 Å². The zero-order chi connectivity index (χ0) is 15.4. The van der Waals surface area contributed by atoms with Crippen LogP contribution in [0.3, 0.4) is 0 Å². The van der Waals surface area contributed by atoms with E-state index in [1.54, 1.807) is 12.1 Å². The molecule has 2 aromatic carbocycles. The Balaban J connectivity index is 2.40. The highest BCUT2D eigenvalue weighted by molar-refractivity contribution is 6.30. The first-order valence-corrected chi connectivity index (χ1v) is 7.19. The summed E-state index contributed by atoms with van der Waals surface area (Å²) in [5, 5.41) is 9.94. The van der Waals surface area contributed by atoms with Crippen LogP contribution < -0.4 is 10.6 Å². The van der Waals surface area contributed by atoms with Crippen molar-refractivity contribution in [2.45, 2.75) is 26.4 Å². The predicted octanol–water partition coefficient (Wildman–Crippen LogP) is 4.21. The summed E-state index contributed by atoms with van der Waals surface area (Å²) in [4.78, 5) is 2.15. The standard InChI is InChI=1S/C17H18ClN3/c1-12(2)21(11-13-4-3-5-16(20)8-13)17-9-15(18)7-6-14(17)10-19/h3-9,12H,11,20H2,1-2H3. The fraction of sp³-hybridized carbons (Fsp3) is 0.235. The third-order valence-corrected chi connectivity index (χ3v) is 3.55. The average Bonchev–Trinajstić information content (AvgIpc) is 2.44. The Kier molecular flexibility index (Phi) is 4.72. The van der Waals surface area contributed by atoms with Crippen molar-refractivity contribution in [1.82, 2.24) is 0 Å². The van der Waals surface area contributed by atoms with Crippen LogP contribution in [0, 0.1) is 11.3 Å². The molecule has 0 unspecified atom stereocenters. The number of nitrogens with two attached hydrogens (primary N) is 1. The molecule has 0 bridgehead atoms. The minimum absolute atomic E-state index is 0.233. The van der Waals surface area contributed by atoms with Gasteiger partial charge in [-0.25, -0.2) is 0 Å². The number of rotatable bonds is 4. The van der Waals surface area contributed by atoms with E-state index in [4.69, 9.17) is 17.3 Å². The molecule has 2 N–H and O–H groups in total. The van der Waals surface area contributed by atoms with Gasteiger partial charge >= 0.3 is 0 Å². The second-order valence-electron chi connectivity index (χ2n) is 5.24. The Morgan fingerprint density at radius 1 is 1.24 bits per heavy atom. The number of nitrogen functional groups attached to an aromatic ring is 1. The van der Waals surface area contributed by atoms with Gasteiger partial charge in [0.05, 0.1) is 11.3 Å². The highest BCUT2D eigenvalue weighted by Crippen LogP contribution is 2.28. The first-order chi connectivity index (χ1) is 10.0. The fourth-order valence-corrected chi connectivity index (χ4v) is 2.44. The Bertz CT molecular complexity index is 674. The van der Waals surface area contributed by atoms with E-state index in [2.05, 4.69) is 24.8 Å². The summed E-state index contributed by atoms with van der Waals surface area (Å²) >= 11 is 6.09. The zero-order valence-corrected chi connectivity index (χ0v) is 12.9. The quantitative estimate of drug-likeness (QED) is 0.860. The minimum Gasteiger partial charge on any atom is -0.399 e. The molecule has 0 atom stereocenters. The minimum atomic E-state index is 0.233. The molecule has 3 nitrogen and oxygen atoms in total. The Labute approximate surface area is 130 Å². The lowest BCUT2D eigenvalue weighted by Crippen LogP contribution is -2.30. The van der Waals surface area contributed by atoms with E-state index >= 15 is 0 Å². The number of halogens is 1. The van der Waals surface area contributed by atoms with Gasteiger partial charge < -0.3 is 10.6 Å².